The van der Waals surface area contributed by atoms with E-state index in [1.54, 1.807) is 0 Å². The van der Waals surface area contributed by atoms with Crippen LogP contribution in [0.4, 0.5) is 10.1 Å². The number of hydrogen-bond acceptors (Lipinski definition) is 3. The highest BCUT2D eigenvalue weighted by molar-refractivity contribution is 7.94. The van der Waals surface area contributed by atoms with Gasteiger partial charge in [0.1, 0.15) is 11.6 Å². The smallest absolute Gasteiger partial charge is 0.237 e. The molecule has 0 unspecified atom stereocenters. The molecular weight excluding hydrogens is 233 g/mol. The van der Waals surface area contributed by atoms with Gasteiger partial charge in [-0.25, -0.2) is 12.8 Å². The Kier molecular flexibility index (Phi) is 3.14. The number of benzene rings is 1. The van der Waals surface area contributed by atoms with Crippen molar-refractivity contribution in [3.63, 3.8) is 0 Å². The van der Waals surface area contributed by atoms with Crippen LogP contribution in [0.25, 0.3) is 0 Å². The first-order chi connectivity index (χ1) is 7.13. The summed E-state index contributed by atoms with van der Waals surface area (Å²) in [5.41, 5.74) is -0.157. The topological polar surface area (TPSA) is 66.4 Å². The highest BCUT2D eigenvalue weighted by Gasteiger charge is 2.29. The monoisotopic (exact) mass is 247 g/mol. The molecule has 0 aliphatic rings. The SMILES string of the molecule is CC(C)(C)S(=O)(=O)Nc1cc(F)ccc1O. The van der Waals surface area contributed by atoms with Gasteiger partial charge in [-0.15, -0.1) is 0 Å². The van der Waals surface area contributed by atoms with Gasteiger partial charge >= 0.3 is 0 Å². The third-order valence-corrected chi connectivity index (χ3v) is 4.11. The van der Waals surface area contributed by atoms with Crippen LogP contribution >= 0.6 is 0 Å². The van der Waals surface area contributed by atoms with Gasteiger partial charge in [0, 0.05) is 6.07 Å². The highest BCUT2D eigenvalue weighted by Crippen LogP contribution is 2.27. The standard InChI is InChI=1S/C10H14FNO3S/c1-10(2,3)16(14,15)12-8-6-7(11)4-5-9(8)13/h4-6,12-13H,1-3H3. The molecule has 0 aliphatic carbocycles. The molecule has 0 aromatic heterocycles. The number of phenolic OH excluding ortho intramolecular Hbond substituents is 1. The van der Waals surface area contributed by atoms with Gasteiger partial charge in [-0.05, 0) is 32.9 Å². The van der Waals surface area contributed by atoms with Gasteiger partial charge in [0.15, 0.2) is 0 Å². The second-order valence-electron chi connectivity index (χ2n) is 4.38. The molecule has 0 radical (unpaired) electrons. The van der Waals surface area contributed by atoms with Crippen LogP contribution in [-0.2, 0) is 10.0 Å². The third kappa shape index (κ3) is 2.63. The van der Waals surface area contributed by atoms with E-state index in [1.165, 1.54) is 20.8 Å². The van der Waals surface area contributed by atoms with Crippen molar-refractivity contribution in [2.75, 3.05) is 4.72 Å². The summed E-state index contributed by atoms with van der Waals surface area (Å²) in [4.78, 5) is 0. The Morgan fingerprint density at radius 2 is 1.88 bits per heavy atom. The fourth-order valence-electron chi connectivity index (χ4n) is 0.888. The van der Waals surface area contributed by atoms with Gasteiger partial charge in [0.05, 0.1) is 10.4 Å². The van der Waals surface area contributed by atoms with Crippen LogP contribution in [0, 0.1) is 5.82 Å². The van der Waals surface area contributed by atoms with Crippen LogP contribution in [0.3, 0.4) is 0 Å². The number of sulfonamides is 1. The first-order valence-corrected chi connectivity index (χ1v) is 6.13. The summed E-state index contributed by atoms with van der Waals surface area (Å²) >= 11 is 0. The van der Waals surface area contributed by atoms with Crippen molar-refractivity contribution < 1.29 is 17.9 Å². The number of anilines is 1. The number of halogens is 1. The van der Waals surface area contributed by atoms with E-state index in [0.29, 0.717) is 0 Å². The lowest BCUT2D eigenvalue weighted by molar-refractivity contribution is 0.475. The van der Waals surface area contributed by atoms with Crippen LogP contribution in [0.2, 0.25) is 0 Å². The van der Waals surface area contributed by atoms with E-state index in [2.05, 4.69) is 4.72 Å². The van der Waals surface area contributed by atoms with Gasteiger partial charge < -0.3 is 5.11 Å². The number of phenols is 1. The second kappa shape index (κ2) is 3.93. The maximum Gasteiger partial charge on any atom is 0.237 e. The Balaban J connectivity index is 3.11. The summed E-state index contributed by atoms with van der Waals surface area (Å²) in [5, 5.41) is 9.37. The van der Waals surface area contributed by atoms with Crippen LogP contribution in [-0.4, -0.2) is 18.3 Å². The summed E-state index contributed by atoms with van der Waals surface area (Å²) in [6.07, 6.45) is 0. The van der Waals surface area contributed by atoms with Gasteiger partial charge in [-0.1, -0.05) is 0 Å². The molecule has 1 rings (SSSR count). The van der Waals surface area contributed by atoms with E-state index in [4.69, 9.17) is 0 Å². The lowest BCUT2D eigenvalue weighted by atomic mass is 10.3. The normalized spacial score (nSPS) is 12.5. The van der Waals surface area contributed by atoms with E-state index in [1.807, 2.05) is 0 Å². The summed E-state index contributed by atoms with van der Waals surface area (Å²) < 4.78 is 37.5. The molecule has 0 bridgehead atoms. The average Bonchev–Trinajstić information content (AvgIpc) is 2.09. The fourth-order valence-corrected chi connectivity index (χ4v) is 1.65. The van der Waals surface area contributed by atoms with Crippen LogP contribution in [0.1, 0.15) is 20.8 Å². The molecule has 90 valence electrons. The van der Waals surface area contributed by atoms with Crippen molar-refractivity contribution in [2.45, 2.75) is 25.5 Å². The largest absolute Gasteiger partial charge is 0.506 e. The van der Waals surface area contributed by atoms with Crippen LogP contribution in [0.15, 0.2) is 18.2 Å². The van der Waals surface area contributed by atoms with E-state index in [0.717, 1.165) is 18.2 Å². The molecule has 6 heteroatoms. The Labute approximate surface area is 94.2 Å². The molecule has 0 amide bonds. The van der Waals surface area contributed by atoms with E-state index >= 15 is 0 Å². The molecule has 0 spiro atoms. The van der Waals surface area contributed by atoms with E-state index in [-0.39, 0.29) is 11.4 Å². The average molecular weight is 247 g/mol. The molecule has 0 atom stereocenters. The molecular formula is C10H14FNO3S. The second-order valence-corrected chi connectivity index (χ2v) is 6.82. The molecule has 0 aliphatic heterocycles. The Morgan fingerprint density at radius 1 is 1.31 bits per heavy atom. The maximum absolute atomic E-state index is 12.9. The molecule has 1 aromatic carbocycles. The van der Waals surface area contributed by atoms with Gasteiger partial charge in [0.2, 0.25) is 10.0 Å². The Morgan fingerprint density at radius 3 is 2.38 bits per heavy atom. The molecule has 0 saturated carbocycles. The summed E-state index contributed by atoms with van der Waals surface area (Å²) in [6.45, 7) is 4.52. The predicted molar refractivity (Wildman–Crippen MR) is 60.4 cm³/mol. The van der Waals surface area contributed by atoms with Crippen molar-refractivity contribution in [2.24, 2.45) is 0 Å². The van der Waals surface area contributed by atoms with Crippen LogP contribution in [0.5, 0.6) is 5.75 Å². The zero-order valence-electron chi connectivity index (χ0n) is 9.28. The summed E-state index contributed by atoms with van der Waals surface area (Å²) in [7, 11) is -3.67. The van der Waals surface area contributed by atoms with Crippen molar-refractivity contribution in [3.8, 4) is 5.75 Å². The van der Waals surface area contributed by atoms with Crippen molar-refractivity contribution in [1.82, 2.24) is 0 Å². The van der Waals surface area contributed by atoms with Crippen molar-refractivity contribution in [1.29, 1.82) is 0 Å². The number of aromatic hydroxyl groups is 1. The zero-order chi connectivity index (χ0) is 12.6. The number of hydrogen-bond donors (Lipinski definition) is 2. The maximum atomic E-state index is 12.9. The van der Waals surface area contributed by atoms with Crippen LogP contribution < -0.4 is 4.72 Å². The minimum absolute atomic E-state index is 0.157. The zero-order valence-corrected chi connectivity index (χ0v) is 10.1. The minimum atomic E-state index is -3.67. The third-order valence-electron chi connectivity index (χ3n) is 2.01. The van der Waals surface area contributed by atoms with Gasteiger partial charge in [-0.3, -0.25) is 4.72 Å². The lowest BCUT2D eigenvalue weighted by Crippen LogP contribution is -2.33. The highest BCUT2D eigenvalue weighted by atomic mass is 32.2. The molecule has 16 heavy (non-hydrogen) atoms. The molecule has 4 nitrogen and oxygen atoms in total. The molecule has 1 aromatic rings. The molecule has 0 heterocycles. The Hall–Kier alpha value is -1.30. The van der Waals surface area contributed by atoms with Crippen molar-refractivity contribution >= 4 is 15.7 Å². The minimum Gasteiger partial charge on any atom is -0.506 e. The molecule has 0 fully saturated rings. The summed E-state index contributed by atoms with van der Waals surface area (Å²) in [5.74, 6) is -0.932. The summed E-state index contributed by atoms with van der Waals surface area (Å²) in [6, 6.07) is 3.07. The predicted octanol–water partition coefficient (Wildman–Crippen LogP) is 2.07. The fraction of sp³-hybridized carbons (Fsp3) is 0.400. The van der Waals surface area contributed by atoms with Crippen molar-refractivity contribution in [3.05, 3.63) is 24.0 Å². The Bertz CT molecular complexity index is 491. The van der Waals surface area contributed by atoms with Gasteiger partial charge in [-0.2, -0.15) is 0 Å². The van der Waals surface area contributed by atoms with Gasteiger partial charge in [0.25, 0.3) is 0 Å². The number of rotatable bonds is 2. The number of nitrogens with one attached hydrogen (secondary N) is 1. The quantitative estimate of drug-likeness (QED) is 0.786. The lowest BCUT2D eigenvalue weighted by Gasteiger charge is -2.20. The molecule has 0 saturated heterocycles. The molecule has 2 N–H and O–H groups in total. The van der Waals surface area contributed by atoms with E-state index in [9.17, 15) is 17.9 Å². The first-order valence-electron chi connectivity index (χ1n) is 4.64. The van der Waals surface area contributed by atoms with E-state index < -0.39 is 20.6 Å². The first kappa shape index (κ1) is 12.8.